The fourth-order valence-electron chi connectivity index (χ4n) is 7.45. The van der Waals surface area contributed by atoms with Crippen LogP contribution in [-0.4, -0.2) is 142 Å². The monoisotopic (exact) mass is 875 g/mol. The first-order chi connectivity index (χ1) is 29.6. The molecule has 0 aromatic rings. The smallest absolute Gasteiger partial charge is 0.306 e. The maximum absolute atomic E-state index is 12.9. The second kappa shape index (κ2) is 35.8. The quantitative estimate of drug-likeness (QED) is 0.0215. The minimum Gasteiger partial charge on any atom is -0.457 e. The number of carbonyl (C=O) groups is 1. The van der Waals surface area contributed by atoms with Gasteiger partial charge in [0.2, 0.25) is 0 Å². The standard InChI is InChI=1S/C47H86O14/c1-3-5-7-9-11-13-15-17-18-19-21-23-25-27-29-31-56-33-36(59-39(49)30-28-26-24-22-20-16-14-12-10-8-6-4-2)34-57-46-45(55)43(53)41(51)38(61-46)35-58-47-44(54)42(52)40(50)37(32-48)60-47/h12,14-15,17,36-38,40-48,50-55H,3-11,13,16,18-35H2,1-2H3/b14-12-,17-15-. The lowest BCUT2D eigenvalue weighted by Crippen LogP contribution is -2.61. The van der Waals surface area contributed by atoms with Crippen molar-refractivity contribution in [2.24, 2.45) is 0 Å². The van der Waals surface area contributed by atoms with E-state index in [0.717, 1.165) is 64.2 Å². The van der Waals surface area contributed by atoms with Gasteiger partial charge in [-0.2, -0.15) is 0 Å². The van der Waals surface area contributed by atoms with E-state index in [9.17, 15) is 40.5 Å². The molecule has 0 aliphatic carbocycles. The van der Waals surface area contributed by atoms with Crippen LogP contribution in [-0.2, 0) is 33.2 Å². The third-order valence-corrected chi connectivity index (χ3v) is 11.4. The van der Waals surface area contributed by atoms with Gasteiger partial charge in [0, 0.05) is 13.0 Å². The first kappa shape index (κ1) is 55.6. The molecule has 11 unspecified atom stereocenters. The van der Waals surface area contributed by atoms with Crippen LogP contribution in [0.3, 0.4) is 0 Å². The van der Waals surface area contributed by atoms with Gasteiger partial charge in [0.15, 0.2) is 12.6 Å². The van der Waals surface area contributed by atoms with E-state index in [-0.39, 0.29) is 25.6 Å². The molecule has 2 rings (SSSR count). The van der Waals surface area contributed by atoms with E-state index in [1.807, 2.05) is 0 Å². The van der Waals surface area contributed by atoms with E-state index in [1.54, 1.807) is 0 Å². The van der Waals surface area contributed by atoms with E-state index in [4.69, 9.17) is 28.4 Å². The van der Waals surface area contributed by atoms with Crippen molar-refractivity contribution < 1.29 is 69.0 Å². The van der Waals surface area contributed by atoms with E-state index in [1.165, 1.54) is 77.0 Å². The fraction of sp³-hybridized carbons (Fsp3) is 0.894. The van der Waals surface area contributed by atoms with Gasteiger partial charge < -0.3 is 64.2 Å². The lowest BCUT2D eigenvalue weighted by molar-refractivity contribution is -0.332. The van der Waals surface area contributed by atoms with Gasteiger partial charge in [-0.15, -0.1) is 0 Å². The largest absolute Gasteiger partial charge is 0.457 e. The molecule has 2 fully saturated rings. The van der Waals surface area contributed by atoms with E-state index in [0.29, 0.717) is 13.0 Å². The molecule has 2 aliphatic rings. The molecule has 61 heavy (non-hydrogen) atoms. The van der Waals surface area contributed by atoms with Crippen molar-refractivity contribution in [1.29, 1.82) is 0 Å². The maximum Gasteiger partial charge on any atom is 0.306 e. The second-order valence-electron chi connectivity index (χ2n) is 16.9. The zero-order valence-electron chi connectivity index (χ0n) is 37.7. The van der Waals surface area contributed by atoms with Gasteiger partial charge >= 0.3 is 5.97 Å². The second-order valence-corrected chi connectivity index (χ2v) is 16.9. The molecule has 0 bridgehead atoms. The minimum absolute atomic E-state index is 0.0558. The van der Waals surface area contributed by atoms with Gasteiger partial charge in [0.25, 0.3) is 0 Å². The van der Waals surface area contributed by atoms with Crippen LogP contribution in [0, 0.1) is 0 Å². The molecule has 11 atom stereocenters. The highest BCUT2D eigenvalue weighted by atomic mass is 16.7. The van der Waals surface area contributed by atoms with Gasteiger partial charge in [-0.05, 0) is 64.2 Å². The van der Waals surface area contributed by atoms with Crippen LogP contribution < -0.4 is 0 Å². The summed E-state index contributed by atoms with van der Waals surface area (Å²) in [5.74, 6) is -0.389. The molecular formula is C47H86O14. The summed E-state index contributed by atoms with van der Waals surface area (Å²) in [6.45, 7) is 3.62. The van der Waals surface area contributed by atoms with E-state index < -0.39 is 80.7 Å². The molecule has 14 nitrogen and oxygen atoms in total. The van der Waals surface area contributed by atoms with Crippen LogP contribution in [0.25, 0.3) is 0 Å². The Morgan fingerprint density at radius 1 is 0.525 bits per heavy atom. The summed E-state index contributed by atoms with van der Waals surface area (Å²) >= 11 is 0. The Labute approximate surface area is 367 Å². The normalized spacial score (nSPS) is 27.6. The Morgan fingerprint density at radius 2 is 0.967 bits per heavy atom. The Morgan fingerprint density at radius 3 is 1.52 bits per heavy atom. The predicted octanol–water partition coefficient (Wildman–Crippen LogP) is 6.07. The first-order valence-electron chi connectivity index (χ1n) is 23.9. The van der Waals surface area contributed by atoms with Crippen LogP contribution in [0.15, 0.2) is 24.3 Å². The van der Waals surface area contributed by atoms with Crippen LogP contribution in [0.5, 0.6) is 0 Å². The summed E-state index contributed by atoms with van der Waals surface area (Å²) in [7, 11) is 0. The molecule has 0 spiro atoms. The molecule has 7 N–H and O–H groups in total. The van der Waals surface area contributed by atoms with Crippen LogP contribution >= 0.6 is 0 Å². The fourth-order valence-corrected chi connectivity index (χ4v) is 7.45. The number of aliphatic hydroxyl groups is 7. The molecule has 0 saturated carbocycles. The van der Waals surface area contributed by atoms with Crippen molar-refractivity contribution in [2.45, 2.75) is 235 Å². The third kappa shape index (κ3) is 24.4. The number of carbonyl (C=O) groups excluding carboxylic acids is 1. The van der Waals surface area contributed by atoms with Crippen molar-refractivity contribution in [3.05, 3.63) is 24.3 Å². The number of rotatable bonds is 37. The molecule has 0 radical (unpaired) electrons. The van der Waals surface area contributed by atoms with Gasteiger partial charge in [-0.25, -0.2) is 0 Å². The van der Waals surface area contributed by atoms with Crippen molar-refractivity contribution in [2.75, 3.05) is 33.0 Å². The molecule has 2 aliphatic heterocycles. The summed E-state index contributed by atoms with van der Waals surface area (Å²) in [6.07, 6.45) is 19.6. The van der Waals surface area contributed by atoms with E-state index in [2.05, 4.69) is 38.2 Å². The zero-order chi connectivity index (χ0) is 44.5. The van der Waals surface area contributed by atoms with Crippen LogP contribution in [0.4, 0.5) is 0 Å². The Hall–Kier alpha value is -1.53. The van der Waals surface area contributed by atoms with Gasteiger partial charge in [-0.1, -0.05) is 122 Å². The minimum atomic E-state index is -1.71. The van der Waals surface area contributed by atoms with Crippen LogP contribution in [0.2, 0.25) is 0 Å². The predicted molar refractivity (Wildman–Crippen MR) is 233 cm³/mol. The molecule has 0 aromatic heterocycles. The third-order valence-electron chi connectivity index (χ3n) is 11.4. The number of hydrogen-bond donors (Lipinski definition) is 7. The summed E-state index contributed by atoms with van der Waals surface area (Å²) in [4.78, 5) is 12.9. The average Bonchev–Trinajstić information content (AvgIpc) is 3.25. The number of esters is 1. The van der Waals surface area contributed by atoms with Crippen molar-refractivity contribution in [3.63, 3.8) is 0 Å². The van der Waals surface area contributed by atoms with Crippen molar-refractivity contribution >= 4 is 5.97 Å². The molecule has 2 heterocycles. The zero-order valence-corrected chi connectivity index (χ0v) is 37.7. The molecule has 2 saturated heterocycles. The Balaban J connectivity index is 1.80. The van der Waals surface area contributed by atoms with Gasteiger partial charge in [0.05, 0.1) is 26.4 Å². The number of hydrogen-bond acceptors (Lipinski definition) is 14. The Kier molecular flexibility index (Phi) is 32.6. The number of ether oxygens (including phenoxy) is 6. The maximum atomic E-state index is 12.9. The Bertz CT molecular complexity index is 1110. The molecular weight excluding hydrogens is 789 g/mol. The SMILES string of the molecule is CCCCC/C=C\CCCCCCCC(=O)OC(COCCCCCCCC/C=C\CCCCCCC)COC1OC(COC2OC(CO)C(O)C(O)C2O)C(O)C(O)C1O. The summed E-state index contributed by atoms with van der Waals surface area (Å²) in [6, 6.07) is 0. The molecule has 14 heteroatoms. The molecule has 358 valence electrons. The topological polar surface area (TPSA) is 214 Å². The first-order valence-corrected chi connectivity index (χ1v) is 23.9. The van der Waals surface area contributed by atoms with E-state index >= 15 is 0 Å². The van der Waals surface area contributed by atoms with Crippen molar-refractivity contribution in [1.82, 2.24) is 0 Å². The average molecular weight is 875 g/mol. The highest BCUT2D eigenvalue weighted by Crippen LogP contribution is 2.26. The summed E-state index contributed by atoms with van der Waals surface area (Å²) in [5.41, 5.74) is 0. The number of unbranched alkanes of at least 4 members (excludes halogenated alkanes) is 19. The highest BCUT2D eigenvalue weighted by Gasteiger charge is 2.47. The number of allylic oxidation sites excluding steroid dienone is 4. The van der Waals surface area contributed by atoms with Gasteiger partial charge in [0.1, 0.15) is 54.9 Å². The molecule has 0 aromatic carbocycles. The lowest BCUT2D eigenvalue weighted by Gasteiger charge is -2.42. The molecule has 0 amide bonds. The number of aliphatic hydroxyl groups excluding tert-OH is 7. The van der Waals surface area contributed by atoms with Gasteiger partial charge in [-0.3, -0.25) is 4.79 Å². The summed E-state index contributed by atoms with van der Waals surface area (Å²) < 4.78 is 34.2. The highest BCUT2D eigenvalue weighted by molar-refractivity contribution is 5.69. The lowest BCUT2D eigenvalue weighted by atomic mass is 9.98. The van der Waals surface area contributed by atoms with Crippen LogP contribution in [0.1, 0.15) is 168 Å². The summed E-state index contributed by atoms with van der Waals surface area (Å²) in [5, 5.41) is 71.9. The van der Waals surface area contributed by atoms with Crippen molar-refractivity contribution in [3.8, 4) is 0 Å².